The molecule has 0 aromatic heterocycles. The quantitative estimate of drug-likeness (QED) is 0.318. The van der Waals surface area contributed by atoms with E-state index in [-0.39, 0.29) is 30.1 Å². The SMILES string of the molecule is CCNC(=NCc1ccccc1OCC1CC1)NCC1CN2CCCC2CO1.I. The Balaban J connectivity index is 0.00000240. The van der Waals surface area contributed by atoms with Crippen LogP contribution in [-0.2, 0) is 11.3 Å². The maximum absolute atomic E-state index is 6.06. The third-order valence-electron chi connectivity index (χ3n) is 5.85. The number of para-hydroxylation sites is 1. The number of morpholine rings is 1. The highest BCUT2D eigenvalue weighted by Crippen LogP contribution is 2.30. The molecular weight excluding hydrogens is 479 g/mol. The summed E-state index contributed by atoms with van der Waals surface area (Å²) in [5.41, 5.74) is 1.13. The van der Waals surface area contributed by atoms with Crippen LogP contribution in [0.1, 0.15) is 38.2 Å². The van der Waals surface area contributed by atoms with E-state index < -0.39 is 0 Å². The fourth-order valence-electron chi connectivity index (χ4n) is 3.99. The van der Waals surface area contributed by atoms with E-state index in [4.69, 9.17) is 14.5 Å². The van der Waals surface area contributed by atoms with Crippen molar-refractivity contribution in [3.05, 3.63) is 29.8 Å². The number of halogens is 1. The molecule has 4 rings (SSSR count). The lowest BCUT2D eigenvalue weighted by Crippen LogP contribution is -2.51. The Hall–Kier alpha value is -1.06. The van der Waals surface area contributed by atoms with Gasteiger partial charge in [-0.25, -0.2) is 4.99 Å². The molecule has 2 saturated heterocycles. The number of hydrogen-bond acceptors (Lipinski definition) is 4. The van der Waals surface area contributed by atoms with Crippen LogP contribution in [0.5, 0.6) is 5.75 Å². The number of nitrogens with one attached hydrogen (secondary N) is 2. The Morgan fingerprint density at radius 1 is 1.24 bits per heavy atom. The van der Waals surface area contributed by atoms with Gasteiger partial charge in [-0.15, -0.1) is 24.0 Å². The molecule has 162 valence electrons. The minimum Gasteiger partial charge on any atom is -0.493 e. The Kier molecular flexibility index (Phi) is 8.86. The van der Waals surface area contributed by atoms with Gasteiger partial charge in [0.2, 0.25) is 0 Å². The predicted molar refractivity (Wildman–Crippen MR) is 127 cm³/mol. The second-order valence-corrected chi connectivity index (χ2v) is 8.18. The molecule has 6 nitrogen and oxygen atoms in total. The molecule has 29 heavy (non-hydrogen) atoms. The Morgan fingerprint density at radius 3 is 2.93 bits per heavy atom. The van der Waals surface area contributed by atoms with E-state index in [2.05, 4.69) is 40.7 Å². The zero-order chi connectivity index (χ0) is 19.2. The van der Waals surface area contributed by atoms with Gasteiger partial charge < -0.3 is 20.1 Å². The van der Waals surface area contributed by atoms with Crippen molar-refractivity contribution < 1.29 is 9.47 Å². The minimum absolute atomic E-state index is 0. The van der Waals surface area contributed by atoms with Crippen molar-refractivity contribution in [2.75, 3.05) is 39.4 Å². The van der Waals surface area contributed by atoms with Crippen molar-refractivity contribution in [1.82, 2.24) is 15.5 Å². The van der Waals surface area contributed by atoms with Crippen LogP contribution in [0.3, 0.4) is 0 Å². The smallest absolute Gasteiger partial charge is 0.191 e. The molecule has 2 heterocycles. The van der Waals surface area contributed by atoms with Gasteiger partial charge in [-0.05, 0) is 51.1 Å². The third kappa shape index (κ3) is 6.72. The predicted octanol–water partition coefficient (Wildman–Crippen LogP) is 3.01. The van der Waals surface area contributed by atoms with Crippen molar-refractivity contribution in [3.8, 4) is 5.75 Å². The van der Waals surface area contributed by atoms with Crippen LogP contribution in [-0.4, -0.2) is 62.4 Å². The first kappa shape index (κ1) is 22.6. The van der Waals surface area contributed by atoms with Crippen molar-refractivity contribution in [1.29, 1.82) is 0 Å². The number of fused-ring (bicyclic) bond motifs is 1. The molecule has 1 saturated carbocycles. The molecule has 3 fully saturated rings. The first-order valence-electron chi connectivity index (χ1n) is 10.9. The van der Waals surface area contributed by atoms with E-state index in [9.17, 15) is 0 Å². The van der Waals surface area contributed by atoms with Crippen molar-refractivity contribution >= 4 is 29.9 Å². The van der Waals surface area contributed by atoms with Crippen LogP contribution < -0.4 is 15.4 Å². The first-order valence-corrected chi connectivity index (χ1v) is 10.9. The number of benzene rings is 1. The van der Waals surface area contributed by atoms with Crippen LogP contribution >= 0.6 is 24.0 Å². The highest BCUT2D eigenvalue weighted by atomic mass is 127. The van der Waals surface area contributed by atoms with Gasteiger partial charge in [-0.3, -0.25) is 4.90 Å². The summed E-state index contributed by atoms with van der Waals surface area (Å²) in [6.45, 7) is 8.26. The van der Waals surface area contributed by atoms with Crippen LogP contribution in [0.2, 0.25) is 0 Å². The molecule has 1 aromatic carbocycles. The Bertz CT molecular complexity index is 668. The molecule has 2 aliphatic heterocycles. The zero-order valence-electron chi connectivity index (χ0n) is 17.4. The highest BCUT2D eigenvalue weighted by Gasteiger charge is 2.32. The van der Waals surface area contributed by atoms with Gasteiger partial charge in [0, 0.05) is 31.2 Å². The van der Waals surface area contributed by atoms with Gasteiger partial charge >= 0.3 is 0 Å². The van der Waals surface area contributed by atoms with Crippen molar-refractivity contribution in [2.45, 2.75) is 51.3 Å². The summed E-state index contributed by atoms with van der Waals surface area (Å²) in [6.07, 6.45) is 5.42. The molecule has 7 heteroatoms. The third-order valence-corrected chi connectivity index (χ3v) is 5.85. The van der Waals surface area contributed by atoms with E-state index in [1.807, 2.05) is 6.07 Å². The maximum atomic E-state index is 6.06. The summed E-state index contributed by atoms with van der Waals surface area (Å²) < 4.78 is 12.1. The molecule has 1 aliphatic carbocycles. The second-order valence-electron chi connectivity index (χ2n) is 8.18. The lowest BCUT2D eigenvalue weighted by molar-refractivity contribution is -0.0453. The summed E-state index contributed by atoms with van der Waals surface area (Å²) in [5.74, 6) is 2.55. The molecule has 0 spiro atoms. The van der Waals surface area contributed by atoms with Crippen LogP contribution in [0.15, 0.2) is 29.3 Å². The molecule has 2 atom stereocenters. The van der Waals surface area contributed by atoms with Gasteiger partial charge in [0.25, 0.3) is 0 Å². The maximum Gasteiger partial charge on any atom is 0.191 e. The molecule has 0 bridgehead atoms. The molecule has 2 unspecified atom stereocenters. The summed E-state index contributed by atoms with van der Waals surface area (Å²) >= 11 is 0. The van der Waals surface area contributed by atoms with Crippen LogP contribution in [0, 0.1) is 5.92 Å². The van der Waals surface area contributed by atoms with Gasteiger partial charge in [0.1, 0.15) is 5.75 Å². The first-order chi connectivity index (χ1) is 13.8. The highest BCUT2D eigenvalue weighted by molar-refractivity contribution is 14.0. The number of aliphatic imine (C=N–C) groups is 1. The largest absolute Gasteiger partial charge is 0.493 e. The second kappa shape index (κ2) is 11.4. The van der Waals surface area contributed by atoms with Gasteiger partial charge in [-0.2, -0.15) is 0 Å². The van der Waals surface area contributed by atoms with E-state index in [0.717, 1.165) is 56.0 Å². The number of rotatable bonds is 8. The molecule has 3 aliphatic rings. The van der Waals surface area contributed by atoms with Gasteiger partial charge in [0.05, 0.1) is 25.9 Å². The molecule has 0 radical (unpaired) electrons. The average molecular weight is 514 g/mol. The van der Waals surface area contributed by atoms with Crippen LogP contribution in [0.4, 0.5) is 0 Å². The Labute approximate surface area is 191 Å². The number of guanidine groups is 1. The zero-order valence-corrected chi connectivity index (χ0v) is 19.8. The average Bonchev–Trinajstić information content (AvgIpc) is 3.44. The lowest BCUT2D eigenvalue weighted by atomic mass is 10.2. The summed E-state index contributed by atoms with van der Waals surface area (Å²) in [6, 6.07) is 8.89. The van der Waals surface area contributed by atoms with E-state index >= 15 is 0 Å². The standard InChI is InChI=1S/C22H34N4O2.HI/c1-2-23-22(25-13-20-14-26-11-5-7-19(26)16-27-20)24-12-18-6-3-4-8-21(18)28-15-17-9-10-17;/h3-4,6,8,17,19-20H,2,5,7,9-16H2,1H3,(H2,23,24,25);1H. The molecule has 0 amide bonds. The summed E-state index contributed by atoms with van der Waals surface area (Å²) in [4.78, 5) is 7.36. The van der Waals surface area contributed by atoms with E-state index in [1.54, 1.807) is 0 Å². The van der Waals surface area contributed by atoms with Crippen molar-refractivity contribution in [2.24, 2.45) is 10.9 Å². The minimum atomic E-state index is 0. The normalized spacial score (nSPS) is 24.5. The summed E-state index contributed by atoms with van der Waals surface area (Å²) in [7, 11) is 0. The molecule has 2 N–H and O–H groups in total. The van der Waals surface area contributed by atoms with E-state index in [1.165, 1.54) is 32.2 Å². The fourth-order valence-corrected chi connectivity index (χ4v) is 3.99. The number of ether oxygens (including phenoxy) is 2. The molecule has 1 aromatic rings. The number of nitrogens with zero attached hydrogens (tertiary/aromatic N) is 2. The van der Waals surface area contributed by atoms with Crippen LogP contribution in [0.25, 0.3) is 0 Å². The monoisotopic (exact) mass is 514 g/mol. The number of hydrogen-bond donors (Lipinski definition) is 2. The Morgan fingerprint density at radius 2 is 2.10 bits per heavy atom. The summed E-state index contributed by atoms with van der Waals surface area (Å²) in [5, 5.41) is 6.81. The van der Waals surface area contributed by atoms with Gasteiger partial charge in [0.15, 0.2) is 5.96 Å². The van der Waals surface area contributed by atoms with Crippen molar-refractivity contribution in [3.63, 3.8) is 0 Å². The lowest BCUT2D eigenvalue weighted by Gasteiger charge is -2.35. The topological polar surface area (TPSA) is 58.1 Å². The van der Waals surface area contributed by atoms with Gasteiger partial charge in [-0.1, -0.05) is 18.2 Å². The molecular formula is C22H35IN4O2. The van der Waals surface area contributed by atoms with E-state index in [0.29, 0.717) is 12.6 Å². The fraction of sp³-hybridized carbons (Fsp3) is 0.682.